The molecule has 2 aromatic rings. The van der Waals surface area contributed by atoms with E-state index in [-0.39, 0.29) is 35.9 Å². The topological polar surface area (TPSA) is 84.0 Å². The minimum absolute atomic E-state index is 0. The number of halogens is 1. The summed E-state index contributed by atoms with van der Waals surface area (Å²) in [5.41, 5.74) is 2.53. The second-order valence-electron chi connectivity index (χ2n) is 6.83. The first-order valence-electron chi connectivity index (χ1n) is 10.2. The summed E-state index contributed by atoms with van der Waals surface area (Å²) >= 11 is 0. The molecule has 0 aromatic heterocycles. The first kappa shape index (κ1) is 26.5. The lowest BCUT2D eigenvalue weighted by atomic mass is 10.1. The third-order valence-electron chi connectivity index (χ3n) is 4.62. The third-order valence-corrected chi connectivity index (χ3v) is 4.62. The van der Waals surface area contributed by atoms with Crippen molar-refractivity contribution in [1.29, 1.82) is 0 Å². The summed E-state index contributed by atoms with van der Waals surface area (Å²) in [7, 11) is 3.32. The maximum Gasteiger partial charge on any atom is 0.251 e. The molecule has 0 saturated carbocycles. The molecular formula is C23H33IN4O3. The minimum atomic E-state index is -0.0502. The van der Waals surface area contributed by atoms with E-state index in [1.807, 2.05) is 63.2 Å². The molecular weight excluding hydrogens is 507 g/mol. The van der Waals surface area contributed by atoms with Crippen LogP contribution in [0.4, 0.5) is 5.69 Å². The van der Waals surface area contributed by atoms with Gasteiger partial charge in [0.2, 0.25) is 0 Å². The monoisotopic (exact) mass is 540 g/mol. The lowest BCUT2D eigenvalue weighted by Crippen LogP contribution is -2.32. The molecule has 0 heterocycles. The normalized spacial score (nSPS) is 11.7. The predicted octanol–water partition coefficient (Wildman–Crippen LogP) is 4.43. The Bertz CT molecular complexity index is 856. The molecule has 0 radical (unpaired) electrons. The Hall–Kier alpha value is -2.49. The number of ether oxygens (including phenoxy) is 2. The van der Waals surface area contributed by atoms with E-state index in [9.17, 15) is 4.79 Å². The number of benzene rings is 2. The number of guanidine groups is 1. The number of nitrogens with one attached hydrogen (secondary N) is 3. The van der Waals surface area contributed by atoms with Crippen LogP contribution in [0.1, 0.15) is 43.1 Å². The van der Waals surface area contributed by atoms with Crippen molar-refractivity contribution in [3.63, 3.8) is 0 Å². The van der Waals surface area contributed by atoms with Crippen molar-refractivity contribution < 1.29 is 14.3 Å². The van der Waals surface area contributed by atoms with E-state index in [1.54, 1.807) is 14.2 Å². The van der Waals surface area contributed by atoms with E-state index < -0.39 is 0 Å². The first-order valence-corrected chi connectivity index (χ1v) is 10.2. The Labute approximate surface area is 202 Å². The quantitative estimate of drug-likeness (QED) is 0.249. The fourth-order valence-electron chi connectivity index (χ4n) is 2.70. The molecule has 1 amide bonds. The molecule has 170 valence electrons. The summed E-state index contributed by atoms with van der Waals surface area (Å²) in [4.78, 5) is 16.4. The van der Waals surface area contributed by atoms with Crippen molar-refractivity contribution in [3.05, 3.63) is 53.6 Å². The van der Waals surface area contributed by atoms with E-state index in [0.29, 0.717) is 36.2 Å². The summed E-state index contributed by atoms with van der Waals surface area (Å²) in [6.45, 7) is 7.12. The molecule has 0 saturated heterocycles. The summed E-state index contributed by atoms with van der Waals surface area (Å²) in [5.74, 6) is 1.93. The Kier molecular flexibility index (Phi) is 11.8. The standard InChI is InChI=1S/C23H32N4O3.HI/c1-6-16(3)26-22(28)18-10-8-17(9-11-18)15-25-23(24-4)27-19-12-13-20(30-7-2)21(14-19)29-5;/h8-14,16H,6-7,15H2,1-5H3,(H,26,28)(H2,24,25,27);1H. The van der Waals surface area contributed by atoms with Gasteiger partial charge in [0.25, 0.3) is 5.91 Å². The lowest BCUT2D eigenvalue weighted by Gasteiger charge is -2.15. The van der Waals surface area contributed by atoms with Crippen LogP contribution in [0.5, 0.6) is 11.5 Å². The summed E-state index contributed by atoms with van der Waals surface area (Å²) < 4.78 is 10.9. The van der Waals surface area contributed by atoms with Crippen LogP contribution in [-0.2, 0) is 6.54 Å². The van der Waals surface area contributed by atoms with Gasteiger partial charge in [0, 0.05) is 37.0 Å². The molecule has 1 unspecified atom stereocenters. The molecule has 2 aromatic carbocycles. The average Bonchev–Trinajstić information content (AvgIpc) is 2.77. The van der Waals surface area contributed by atoms with Gasteiger partial charge in [0.05, 0.1) is 13.7 Å². The molecule has 0 fully saturated rings. The Morgan fingerprint density at radius 3 is 2.39 bits per heavy atom. The fraction of sp³-hybridized carbons (Fsp3) is 0.391. The molecule has 0 aliphatic heterocycles. The van der Waals surface area contributed by atoms with E-state index in [2.05, 4.69) is 20.9 Å². The van der Waals surface area contributed by atoms with Gasteiger partial charge in [-0.05, 0) is 50.1 Å². The second kappa shape index (κ2) is 13.7. The SMILES string of the molecule is CCOc1ccc(NC(=NC)NCc2ccc(C(=O)NC(C)CC)cc2)cc1OC.I. The molecule has 3 N–H and O–H groups in total. The average molecular weight is 540 g/mol. The van der Waals surface area contributed by atoms with Crippen LogP contribution in [0.25, 0.3) is 0 Å². The predicted molar refractivity (Wildman–Crippen MR) is 137 cm³/mol. The molecule has 8 heteroatoms. The van der Waals surface area contributed by atoms with Crippen molar-refractivity contribution >= 4 is 41.5 Å². The molecule has 0 aliphatic rings. The van der Waals surface area contributed by atoms with Gasteiger partial charge in [0.1, 0.15) is 0 Å². The molecule has 1 atom stereocenters. The highest BCUT2D eigenvalue weighted by molar-refractivity contribution is 14.0. The largest absolute Gasteiger partial charge is 0.493 e. The zero-order chi connectivity index (χ0) is 21.9. The minimum Gasteiger partial charge on any atom is -0.493 e. The third kappa shape index (κ3) is 8.28. The molecule has 31 heavy (non-hydrogen) atoms. The fourth-order valence-corrected chi connectivity index (χ4v) is 2.70. The number of hydrogen-bond acceptors (Lipinski definition) is 4. The second-order valence-corrected chi connectivity index (χ2v) is 6.83. The van der Waals surface area contributed by atoms with Gasteiger partial charge in [-0.3, -0.25) is 9.79 Å². The molecule has 2 rings (SSSR count). The highest BCUT2D eigenvalue weighted by Gasteiger charge is 2.09. The Morgan fingerprint density at radius 1 is 1.10 bits per heavy atom. The van der Waals surface area contributed by atoms with Crippen LogP contribution in [0.2, 0.25) is 0 Å². The summed E-state index contributed by atoms with van der Waals surface area (Å²) in [6, 6.07) is 13.3. The van der Waals surface area contributed by atoms with Gasteiger partial charge in [0.15, 0.2) is 17.5 Å². The van der Waals surface area contributed by atoms with Gasteiger partial charge in [-0.2, -0.15) is 0 Å². The van der Waals surface area contributed by atoms with Crippen molar-refractivity contribution in [2.45, 2.75) is 39.8 Å². The number of carbonyl (C=O) groups is 1. The van der Waals surface area contributed by atoms with E-state index in [1.165, 1.54) is 0 Å². The van der Waals surface area contributed by atoms with Crippen molar-refractivity contribution in [2.75, 3.05) is 26.1 Å². The maximum absolute atomic E-state index is 12.2. The highest BCUT2D eigenvalue weighted by atomic mass is 127. The number of nitrogens with zero attached hydrogens (tertiary/aromatic N) is 1. The molecule has 0 spiro atoms. The van der Waals surface area contributed by atoms with E-state index >= 15 is 0 Å². The Balaban J connectivity index is 0.00000480. The number of anilines is 1. The first-order chi connectivity index (χ1) is 14.5. The van der Waals surface area contributed by atoms with Gasteiger partial charge in [-0.25, -0.2) is 0 Å². The van der Waals surface area contributed by atoms with Crippen LogP contribution in [0.3, 0.4) is 0 Å². The molecule has 7 nitrogen and oxygen atoms in total. The van der Waals surface area contributed by atoms with Crippen LogP contribution in [0, 0.1) is 0 Å². The number of aliphatic imine (C=N–C) groups is 1. The highest BCUT2D eigenvalue weighted by Crippen LogP contribution is 2.30. The molecule has 0 aliphatic carbocycles. The van der Waals surface area contributed by atoms with Gasteiger partial charge in [-0.1, -0.05) is 19.1 Å². The van der Waals surface area contributed by atoms with Crippen molar-refractivity contribution in [2.24, 2.45) is 4.99 Å². The van der Waals surface area contributed by atoms with Crippen LogP contribution in [-0.4, -0.2) is 38.7 Å². The van der Waals surface area contributed by atoms with E-state index in [0.717, 1.165) is 17.7 Å². The number of hydrogen-bond donors (Lipinski definition) is 3. The lowest BCUT2D eigenvalue weighted by molar-refractivity contribution is 0.0939. The van der Waals surface area contributed by atoms with Gasteiger partial charge < -0.3 is 25.4 Å². The maximum atomic E-state index is 12.2. The van der Waals surface area contributed by atoms with Crippen molar-refractivity contribution in [1.82, 2.24) is 10.6 Å². The Morgan fingerprint density at radius 2 is 1.81 bits per heavy atom. The summed E-state index contributed by atoms with van der Waals surface area (Å²) in [5, 5.41) is 9.48. The van der Waals surface area contributed by atoms with Crippen molar-refractivity contribution in [3.8, 4) is 11.5 Å². The van der Waals surface area contributed by atoms with Gasteiger partial charge in [-0.15, -0.1) is 24.0 Å². The van der Waals surface area contributed by atoms with Crippen LogP contribution < -0.4 is 25.4 Å². The van der Waals surface area contributed by atoms with E-state index in [4.69, 9.17) is 9.47 Å². The smallest absolute Gasteiger partial charge is 0.251 e. The van der Waals surface area contributed by atoms with Crippen LogP contribution in [0.15, 0.2) is 47.5 Å². The van der Waals surface area contributed by atoms with Crippen LogP contribution >= 0.6 is 24.0 Å². The zero-order valence-electron chi connectivity index (χ0n) is 18.8. The van der Waals surface area contributed by atoms with Gasteiger partial charge >= 0.3 is 0 Å². The number of methoxy groups -OCH3 is 1. The summed E-state index contributed by atoms with van der Waals surface area (Å²) in [6.07, 6.45) is 0.903. The number of amides is 1. The zero-order valence-corrected chi connectivity index (χ0v) is 21.2. The molecule has 0 bridgehead atoms. The number of carbonyl (C=O) groups excluding carboxylic acids is 1. The number of rotatable bonds is 9.